The van der Waals surface area contributed by atoms with Crippen LogP contribution in [-0.4, -0.2) is 21.9 Å². The van der Waals surface area contributed by atoms with E-state index in [0.29, 0.717) is 5.89 Å². The second-order valence-electron chi connectivity index (χ2n) is 5.18. The number of aromatic nitrogens is 2. The molecule has 0 atom stereocenters. The van der Waals surface area contributed by atoms with E-state index in [9.17, 15) is 13.6 Å². The Balaban J connectivity index is 1.61. The minimum absolute atomic E-state index is 0.122. The molecule has 3 rings (SSSR count). The summed E-state index contributed by atoms with van der Waals surface area (Å²) in [6, 6.07) is 10.9. The number of nitrogens with zero attached hydrogens (tertiary/aromatic N) is 2. The van der Waals surface area contributed by atoms with E-state index in [-0.39, 0.29) is 11.0 Å². The van der Waals surface area contributed by atoms with Crippen molar-refractivity contribution in [3.63, 3.8) is 0 Å². The normalized spacial score (nSPS) is 10.7. The molecule has 0 bridgehead atoms. The molecule has 0 aliphatic heterocycles. The van der Waals surface area contributed by atoms with Crippen molar-refractivity contribution >= 4 is 23.4 Å². The van der Waals surface area contributed by atoms with Gasteiger partial charge >= 0.3 is 0 Å². The number of halogens is 2. The summed E-state index contributed by atoms with van der Waals surface area (Å²) in [7, 11) is 0. The zero-order valence-corrected chi connectivity index (χ0v) is 13.9. The highest BCUT2D eigenvalue weighted by atomic mass is 32.2. The van der Waals surface area contributed by atoms with Gasteiger partial charge in [0.15, 0.2) is 0 Å². The topological polar surface area (TPSA) is 68.0 Å². The third-order valence-electron chi connectivity index (χ3n) is 3.23. The number of carbonyl (C=O) groups excluding carboxylic acids is 1. The molecule has 1 N–H and O–H groups in total. The van der Waals surface area contributed by atoms with Crippen molar-refractivity contribution < 1.29 is 18.0 Å². The van der Waals surface area contributed by atoms with Crippen LogP contribution < -0.4 is 5.32 Å². The number of benzene rings is 2. The van der Waals surface area contributed by atoms with Crippen LogP contribution in [0.25, 0.3) is 11.5 Å². The van der Waals surface area contributed by atoms with Crippen molar-refractivity contribution in [2.45, 2.75) is 12.1 Å². The van der Waals surface area contributed by atoms with Gasteiger partial charge in [-0.15, -0.1) is 10.2 Å². The minimum atomic E-state index is -0.835. The largest absolute Gasteiger partial charge is 0.411 e. The van der Waals surface area contributed by atoms with E-state index in [2.05, 4.69) is 15.5 Å². The van der Waals surface area contributed by atoms with E-state index in [0.717, 1.165) is 35.0 Å². The highest BCUT2D eigenvalue weighted by molar-refractivity contribution is 7.99. The lowest BCUT2D eigenvalue weighted by atomic mass is 10.1. The number of amides is 1. The minimum Gasteiger partial charge on any atom is -0.411 e. The van der Waals surface area contributed by atoms with E-state index in [1.807, 2.05) is 31.2 Å². The molecule has 1 aromatic heterocycles. The molecule has 0 spiro atoms. The highest BCUT2D eigenvalue weighted by Crippen LogP contribution is 2.24. The number of hydrogen-bond donors (Lipinski definition) is 1. The number of carbonyl (C=O) groups is 1. The molecule has 25 heavy (non-hydrogen) atoms. The molecule has 128 valence electrons. The molecule has 0 saturated heterocycles. The number of anilines is 1. The Morgan fingerprint density at radius 3 is 2.60 bits per heavy atom. The average Bonchev–Trinajstić information content (AvgIpc) is 3.06. The van der Waals surface area contributed by atoms with Crippen molar-refractivity contribution in [1.82, 2.24) is 10.2 Å². The van der Waals surface area contributed by atoms with Crippen molar-refractivity contribution in [3.05, 3.63) is 59.7 Å². The first-order valence-corrected chi connectivity index (χ1v) is 8.28. The Labute approximate surface area is 146 Å². The lowest BCUT2D eigenvalue weighted by molar-refractivity contribution is -0.113. The smallest absolute Gasteiger partial charge is 0.277 e. The van der Waals surface area contributed by atoms with E-state index in [1.54, 1.807) is 0 Å². The quantitative estimate of drug-likeness (QED) is 0.694. The van der Waals surface area contributed by atoms with Gasteiger partial charge in [-0.1, -0.05) is 35.5 Å². The van der Waals surface area contributed by atoms with Gasteiger partial charge in [0.25, 0.3) is 5.22 Å². The van der Waals surface area contributed by atoms with Crippen molar-refractivity contribution in [3.8, 4) is 11.5 Å². The van der Waals surface area contributed by atoms with E-state index in [1.165, 1.54) is 6.07 Å². The fourth-order valence-corrected chi connectivity index (χ4v) is 2.65. The summed E-state index contributed by atoms with van der Waals surface area (Å²) >= 11 is 0.982. The van der Waals surface area contributed by atoms with Crippen molar-refractivity contribution in [2.24, 2.45) is 0 Å². The van der Waals surface area contributed by atoms with Crippen LogP contribution in [0.1, 0.15) is 5.56 Å². The summed E-state index contributed by atoms with van der Waals surface area (Å²) in [6.45, 7) is 1.95. The fourth-order valence-electron chi connectivity index (χ4n) is 2.08. The molecule has 1 heterocycles. The first kappa shape index (κ1) is 17.1. The van der Waals surface area contributed by atoms with Crippen LogP contribution in [0.3, 0.4) is 0 Å². The Morgan fingerprint density at radius 1 is 1.16 bits per heavy atom. The van der Waals surface area contributed by atoms with Gasteiger partial charge in [-0.05, 0) is 31.2 Å². The molecule has 8 heteroatoms. The number of hydrogen-bond acceptors (Lipinski definition) is 5. The Kier molecular flexibility index (Phi) is 5.08. The van der Waals surface area contributed by atoms with Crippen LogP contribution in [-0.2, 0) is 4.79 Å². The van der Waals surface area contributed by atoms with Crippen LogP contribution in [0.4, 0.5) is 14.5 Å². The maximum absolute atomic E-state index is 13.5. The first-order valence-electron chi connectivity index (χ1n) is 7.30. The van der Waals surface area contributed by atoms with E-state index in [4.69, 9.17) is 4.42 Å². The summed E-state index contributed by atoms with van der Waals surface area (Å²) in [6.07, 6.45) is 0. The molecule has 0 aliphatic rings. The molecule has 2 aromatic carbocycles. The second kappa shape index (κ2) is 7.43. The van der Waals surface area contributed by atoms with Crippen LogP contribution >= 0.6 is 11.8 Å². The first-order chi connectivity index (χ1) is 12.0. The third-order valence-corrected chi connectivity index (χ3v) is 4.04. The van der Waals surface area contributed by atoms with Gasteiger partial charge in [-0.2, -0.15) is 0 Å². The van der Waals surface area contributed by atoms with E-state index >= 15 is 0 Å². The lowest BCUT2D eigenvalue weighted by Gasteiger charge is -2.06. The molecule has 0 unspecified atom stereocenters. The molecule has 0 radical (unpaired) electrons. The molecular weight excluding hydrogens is 348 g/mol. The molecule has 0 fully saturated rings. The number of rotatable bonds is 5. The van der Waals surface area contributed by atoms with E-state index < -0.39 is 23.2 Å². The van der Waals surface area contributed by atoms with Crippen LogP contribution in [0.2, 0.25) is 0 Å². The van der Waals surface area contributed by atoms with Crippen molar-refractivity contribution in [1.29, 1.82) is 0 Å². The zero-order chi connectivity index (χ0) is 17.8. The third kappa shape index (κ3) is 4.21. The number of para-hydroxylation sites is 1. The van der Waals surface area contributed by atoms with Gasteiger partial charge in [-0.3, -0.25) is 4.79 Å². The van der Waals surface area contributed by atoms with Gasteiger partial charge in [0, 0.05) is 5.56 Å². The molecule has 3 aromatic rings. The summed E-state index contributed by atoms with van der Waals surface area (Å²) in [5.41, 5.74) is 1.35. The number of thioether (sulfide) groups is 1. The molecule has 1 amide bonds. The average molecular weight is 361 g/mol. The zero-order valence-electron chi connectivity index (χ0n) is 13.1. The predicted octanol–water partition coefficient (Wildman–Crippen LogP) is 4.05. The molecule has 5 nitrogen and oxygen atoms in total. The standard InChI is InChI=1S/C17H13F2N3O2S/c1-10-4-2-5-11(8-10)16-21-22-17(24-16)25-9-14(23)20-15-12(18)6-3-7-13(15)19/h2-8H,9H2,1H3,(H,20,23). The van der Waals surface area contributed by atoms with Gasteiger partial charge in [-0.25, -0.2) is 8.78 Å². The lowest BCUT2D eigenvalue weighted by Crippen LogP contribution is -2.16. The second-order valence-corrected chi connectivity index (χ2v) is 6.10. The van der Waals surface area contributed by atoms with Crippen molar-refractivity contribution in [2.75, 3.05) is 11.1 Å². The SMILES string of the molecule is Cc1cccc(-c2nnc(SCC(=O)Nc3c(F)cccc3F)o2)c1. The Bertz CT molecular complexity index is 894. The summed E-state index contributed by atoms with van der Waals surface area (Å²) in [4.78, 5) is 11.9. The summed E-state index contributed by atoms with van der Waals surface area (Å²) < 4.78 is 32.5. The van der Waals surface area contributed by atoms with Gasteiger partial charge in [0.1, 0.15) is 17.3 Å². The maximum atomic E-state index is 13.5. The number of nitrogens with one attached hydrogen (secondary N) is 1. The summed E-state index contributed by atoms with van der Waals surface area (Å²) in [5.74, 6) is -2.03. The van der Waals surface area contributed by atoms with Gasteiger partial charge in [0.05, 0.1) is 5.75 Å². The molecule has 0 aliphatic carbocycles. The Hall–Kier alpha value is -2.74. The van der Waals surface area contributed by atoms with Crippen LogP contribution in [0.5, 0.6) is 0 Å². The molecular formula is C17H13F2N3O2S. The highest BCUT2D eigenvalue weighted by Gasteiger charge is 2.14. The fraction of sp³-hybridized carbons (Fsp3) is 0.118. The van der Waals surface area contributed by atoms with Crippen LogP contribution in [0.15, 0.2) is 52.1 Å². The van der Waals surface area contributed by atoms with Crippen LogP contribution in [0, 0.1) is 18.6 Å². The monoisotopic (exact) mass is 361 g/mol. The molecule has 0 saturated carbocycles. The maximum Gasteiger partial charge on any atom is 0.277 e. The predicted molar refractivity (Wildman–Crippen MR) is 90.2 cm³/mol. The van der Waals surface area contributed by atoms with Gasteiger partial charge < -0.3 is 9.73 Å². The number of aryl methyl sites for hydroxylation is 1. The van der Waals surface area contributed by atoms with Gasteiger partial charge in [0.2, 0.25) is 11.8 Å². The Morgan fingerprint density at radius 2 is 1.88 bits per heavy atom. The summed E-state index contributed by atoms with van der Waals surface area (Å²) in [5, 5.41) is 10.2.